The van der Waals surface area contributed by atoms with Gasteiger partial charge in [-0.15, -0.1) is 0 Å². The highest BCUT2D eigenvalue weighted by Gasteiger charge is 2.33. The maximum Gasteiger partial charge on any atom is 0.243 e. The molecule has 2 aromatic carbocycles. The summed E-state index contributed by atoms with van der Waals surface area (Å²) in [4.78, 5) is 26.3. The molecule has 2 aliphatic heterocycles. The number of hydrogen-bond acceptors (Lipinski definition) is 4. The van der Waals surface area contributed by atoms with Crippen molar-refractivity contribution in [2.24, 2.45) is 5.92 Å². The number of anilines is 2. The molecule has 1 N–H and O–H groups in total. The Bertz CT molecular complexity index is 1140. The molecule has 0 unspecified atom stereocenters. The predicted octanol–water partition coefficient (Wildman–Crippen LogP) is 3.16. The lowest BCUT2D eigenvalue weighted by molar-refractivity contribution is -0.121. The molecule has 0 aromatic heterocycles. The first-order valence-electron chi connectivity index (χ1n) is 10.7. The monoisotopic (exact) mass is 459 g/mol. The lowest BCUT2D eigenvalue weighted by atomic mass is 9.97. The summed E-state index contributed by atoms with van der Waals surface area (Å²) in [5, 5.41) is 2.60. The highest BCUT2D eigenvalue weighted by molar-refractivity contribution is 7.89. The van der Waals surface area contributed by atoms with Crippen molar-refractivity contribution >= 4 is 33.2 Å². The minimum Gasteiger partial charge on any atom is -0.323 e. The molecule has 2 amide bonds. The molecule has 170 valence electrons. The van der Waals surface area contributed by atoms with Crippen LogP contribution in [0.1, 0.15) is 31.7 Å². The molecule has 0 saturated carbocycles. The van der Waals surface area contributed by atoms with E-state index in [2.05, 4.69) is 5.32 Å². The van der Waals surface area contributed by atoms with E-state index in [0.717, 1.165) is 24.1 Å². The van der Waals surface area contributed by atoms with E-state index in [1.807, 2.05) is 0 Å². The van der Waals surface area contributed by atoms with Gasteiger partial charge in [0.2, 0.25) is 21.8 Å². The fourth-order valence-electron chi connectivity index (χ4n) is 4.37. The Labute approximate surface area is 187 Å². The Morgan fingerprint density at radius 2 is 1.78 bits per heavy atom. The zero-order valence-corrected chi connectivity index (χ0v) is 18.7. The maximum absolute atomic E-state index is 13.8. The first-order valence-corrected chi connectivity index (χ1v) is 12.2. The number of nitrogens with zero attached hydrogens (tertiary/aromatic N) is 2. The van der Waals surface area contributed by atoms with Crippen LogP contribution >= 0.6 is 0 Å². The summed E-state index contributed by atoms with van der Waals surface area (Å²) in [5.41, 5.74) is 1.75. The Balaban J connectivity index is 1.43. The van der Waals surface area contributed by atoms with Crippen LogP contribution in [0.3, 0.4) is 0 Å². The minimum absolute atomic E-state index is 0.0581. The normalized spacial score (nSPS) is 17.6. The molecule has 2 heterocycles. The van der Waals surface area contributed by atoms with Crippen LogP contribution in [-0.4, -0.2) is 44.2 Å². The van der Waals surface area contributed by atoms with Crippen molar-refractivity contribution in [2.45, 2.75) is 37.5 Å². The number of hydrogen-bond donors (Lipinski definition) is 1. The lowest BCUT2D eigenvalue weighted by Crippen LogP contribution is -2.41. The fraction of sp³-hybridized carbons (Fsp3) is 0.391. The van der Waals surface area contributed by atoms with Gasteiger partial charge in [0.05, 0.1) is 10.6 Å². The van der Waals surface area contributed by atoms with E-state index in [1.165, 1.54) is 23.4 Å². The van der Waals surface area contributed by atoms with E-state index in [0.29, 0.717) is 19.4 Å². The topological polar surface area (TPSA) is 86.8 Å². The molecule has 0 atom stereocenters. The van der Waals surface area contributed by atoms with Crippen molar-refractivity contribution in [1.29, 1.82) is 0 Å². The summed E-state index contributed by atoms with van der Waals surface area (Å²) in [6, 6.07) is 10.9. The molecule has 2 aliphatic rings. The van der Waals surface area contributed by atoms with E-state index in [9.17, 15) is 22.4 Å². The van der Waals surface area contributed by atoms with Crippen LogP contribution in [0.5, 0.6) is 0 Å². The molecule has 1 fully saturated rings. The highest BCUT2D eigenvalue weighted by atomic mass is 32.2. The van der Waals surface area contributed by atoms with Gasteiger partial charge in [0.15, 0.2) is 0 Å². The molecular weight excluding hydrogens is 433 g/mol. The van der Waals surface area contributed by atoms with Crippen LogP contribution in [0.2, 0.25) is 0 Å². The third-order valence-corrected chi connectivity index (χ3v) is 8.04. The van der Waals surface area contributed by atoms with Gasteiger partial charge in [-0.05, 0) is 61.6 Å². The van der Waals surface area contributed by atoms with Gasteiger partial charge in [-0.1, -0.05) is 12.1 Å². The van der Waals surface area contributed by atoms with Crippen molar-refractivity contribution in [3.8, 4) is 0 Å². The SMILES string of the molecule is CC(=O)N1CCCc2cc(S(=O)(=O)N3CCC(C(=O)Nc4ccccc4F)CC3)ccc21. The number of halogens is 1. The Morgan fingerprint density at radius 3 is 2.47 bits per heavy atom. The van der Waals surface area contributed by atoms with Gasteiger partial charge in [-0.2, -0.15) is 4.31 Å². The number of piperidine rings is 1. The number of aryl methyl sites for hydroxylation is 1. The zero-order valence-electron chi connectivity index (χ0n) is 17.9. The molecule has 7 nitrogen and oxygen atoms in total. The van der Waals surface area contributed by atoms with Crippen LogP contribution in [-0.2, 0) is 26.0 Å². The molecule has 32 heavy (non-hydrogen) atoms. The number of amides is 2. The summed E-state index contributed by atoms with van der Waals surface area (Å²) < 4.78 is 41.6. The van der Waals surface area contributed by atoms with Gasteiger partial charge in [0.1, 0.15) is 5.82 Å². The van der Waals surface area contributed by atoms with E-state index in [1.54, 1.807) is 35.2 Å². The molecule has 1 saturated heterocycles. The summed E-state index contributed by atoms with van der Waals surface area (Å²) >= 11 is 0. The summed E-state index contributed by atoms with van der Waals surface area (Å²) in [6.45, 7) is 2.58. The second kappa shape index (κ2) is 8.99. The Hall–Kier alpha value is -2.78. The van der Waals surface area contributed by atoms with Gasteiger partial charge in [0, 0.05) is 38.2 Å². The third-order valence-electron chi connectivity index (χ3n) is 6.14. The zero-order chi connectivity index (χ0) is 22.9. The average molecular weight is 460 g/mol. The predicted molar refractivity (Wildman–Crippen MR) is 119 cm³/mol. The molecule has 9 heteroatoms. The van der Waals surface area contributed by atoms with E-state index in [4.69, 9.17) is 0 Å². The van der Waals surface area contributed by atoms with Gasteiger partial charge in [-0.3, -0.25) is 9.59 Å². The lowest BCUT2D eigenvalue weighted by Gasteiger charge is -2.32. The van der Waals surface area contributed by atoms with Crippen LogP contribution in [0.4, 0.5) is 15.8 Å². The van der Waals surface area contributed by atoms with Crippen LogP contribution < -0.4 is 10.2 Å². The number of carbonyl (C=O) groups excluding carboxylic acids is 2. The smallest absolute Gasteiger partial charge is 0.243 e. The maximum atomic E-state index is 13.8. The second-order valence-electron chi connectivity index (χ2n) is 8.21. The molecule has 0 radical (unpaired) electrons. The minimum atomic E-state index is -3.71. The first kappa shape index (κ1) is 22.4. The number of carbonyl (C=O) groups is 2. The van der Waals surface area contributed by atoms with Crippen LogP contribution in [0, 0.1) is 11.7 Å². The molecular formula is C23H26FN3O4S. The molecule has 0 aliphatic carbocycles. The average Bonchev–Trinajstić information content (AvgIpc) is 2.79. The van der Waals surface area contributed by atoms with Gasteiger partial charge in [0.25, 0.3) is 0 Å². The third kappa shape index (κ3) is 4.40. The van der Waals surface area contributed by atoms with Crippen molar-refractivity contribution in [1.82, 2.24) is 4.31 Å². The quantitative estimate of drug-likeness (QED) is 0.761. The largest absolute Gasteiger partial charge is 0.323 e. The number of nitrogens with one attached hydrogen (secondary N) is 1. The van der Waals surface area contributed by atoms with Gasteiger partial charge < -0.3 is 10.2 Å². The van der Waals surface area contributed by atoms with Crippen LogP contribution in [0.25, 0.3) is 0 Å². The Kier molecular flexibility index (Phi) is 6.30. The number of sulfonamides is 1. The molecule has 2 aromatic rings. The second-order valence-corrected chi connectivity index (χ2v) is 10.2. The number of para-hydroxylation sites is 1. The van der Waals surface area contributed by atoms with E-state index < -0.39 is 15.8 Å². The number of benzene rings is 2. The Morgan fingerprint density at radius 1 is 1.06 bits per heavy atom. The molecule has 4 rings (SSSR count). The fourth-order valence-corrected chi connectivity index (χ4v) is 5.89. The standard InChI is InChI=1S/C23H26FN3O4S/c1-16(28)27-12-4-5-18-15-19(8-9-22(18)27)32(30,31)26-13-10-17(11-14-26)23(29)25-21-7-3-2-6-20(21)24/h2-3,6-9,15,17H,4-5,10-14H2,1H3,(H,25,29). The molecule has 0 spiro atoms. The number of fused-ring (bicyclic) bond motifs is 1. The van der Waals surface area contributed by atoms with Crippen LogP contribution in [0.15, 0.2) is 47.4 Å². The van der Waals surface area contributed by atoms with Crippen molar-refractivity contribution < 1.29 is 22.4 Å². The number of rotatable bonds is 4. The van der Waals surface area contributed by atoms with Gasteiger partial charge >= 0.3 is 0 Å². The summed E-state index contributed by atoms with van der Waals surface area (Å²) in [7, 11) is -3.71. The summed E-state index contributed by atoms with van der Waals surface area (Å²) in [6.07, 6.45) is 2.24. The van der Waals surface area contributed by atoms with E-state index in [-0.39, 0.29) is 41.4 Å². The first-order chi connectivity index (χ1) is 15.3. The van der Waals surface area contributed by atoms with Crippen molar-refractivity contribution in [3.05, 3.63) is 53.8 Å². The van der Waals surface area contributed by atoms with Crippen molar-refractivity contribution in [2.75, 3.05) is 29.9 Å². The van der Waals surface area contributed by atoms with E-state index >= 15 is 0 Å². The summed E-state index contributed by atoms with van der Waals surface area (Å²) in [5.74, 6) is -1.24. The van der Waals surface area contributed by atoms with Gasteiger partial charge in [-0.25, -0.2) is 12.8 Å². The highest BCUT2D eigenvalue weighted by Crippen LogP contribution is 2.32. The van der Waals surface area contributed by atoms with Crippen molar-refractivity contribution in [3.63, 3.8) is 0 Å². The molecule has 0 bridgehead atoms.